The Morgan fingerprint density at radius 3 is 0.682 bits per heavy atom. The van der Waals surface area contributed by atoms with Crippen LogP contribution >= 0.6 is 0 Å². The molecule has 2 heterocycles. The molecule has 18 aromatic rings. The van der Waals surface area contributed by atoms with Crippen LogP contribution in [0.3, 0.4) is 0 Å². The topological polar surface area (TPSA) is 77.3 Å². The molecular formula is C104H68N6. The average molecular weight is 1400 g/mol. The van der Waals surface area contributed by atoms with Crippen LogP contribution in [0, 0.1) is 0 Å². The van der Waals surface area contributed by atoms with Crippen molar-refractivity contribution < 1.29 is 0 Å². The van der Waals surface area contributed by atoms with E-state index in [2.05, 4.69) is 291 Å². The number of benzene rings is 16. The van der Waals surface area contributed by atoms with Crippen molar-refractivity contribution in [1.29, 1.82) is 0 Å². The molecule has 0 saturated carbocycles. The van der Waals surface area contributed by atoms with Crippen LogP contribution in [0.5, 0.6) is 0 Å². The van der Waals surface area contributed by atoms with Gasteiger partial charge in [-0.25, -0.2) is 29.9 Å². The lowest BCUT2D eigenvalue weighted by Gasteiger charge is -2.34. The van der Waals surface area contributed by atoms with Gasteiger partial charge in [-0.1, -0.05) is 376 Å². The fourth-order valence-electron chi connectivity index (χ4n) is 17.0. The fourth-order valence-corrected chi connectivity index (χ4v) is 17.0. The van der Waals surface area contributed by atoms with Gasteiger partial charge in [-0.15, -0.1) is 0 Å². The van der Waals surface area contributed by atoms with Gasteiger partial charge in [0, 0.05) is 33.4 Å². The normalized spacial score (nSPS) is 13.6. The molecule has 0 N–H and O–H groups in total. The Kier molecular flexibility index (Phi) is 16.3. The van der Waals surface area contributed by atoms with Crippen LogP contribution in [0.15, 0.2) is 413 Å². The SMILES string of the molecule is c1ccc(-c2nc(-c3ccccc3)nc(-c3cccc(-c4ccc(-c5ccc6c(c5)-c5ccccc5C6(c5ccccc5)c5ccc(-c6ccc7c(c6)-c6cc(-c8cccc(-c9cccc(-c%10nc(-c%11ccccc%11)nc(-c%11ccccc%11)n%10)c9)c8)ccc6C7(c6ccccc6)c6ccccc6)cc5)cc4)c3)n2)cc1. The molecule has 0 radical (unpaired) electrons. The van der Waals surface area contributed by atoms with Crippen molar-refractivity contribution in [2.45, 2.75) is 10.8 Å². The van der Waals surface area contributed by atoms with E-state index in [0.717, 1.165) is 89.0 Å². The Morgan fingerprint density at radius 1 is 0.127 bits per heavy atom. The third kappa shape index (κ3) is 11.4. The minimum absolute atomic E-state index is 0.589. The van der Waals surface area contributed by atoms with E-state index < -0.39 is 10.8 Å². The van der Waals surface area contributed by atoms with Gasteiger partial charge in [0.1, 0.15) is 0 Å². The first-order chi connectivity index (χ1) is 54.5. The molecule has 20 rings (SSSR count). The summed E-state index contributed by atoms with van der Waals surface area (Å²) in [7, 11) is 0. The molecule has 0 aliphatic heterocycles. The quantitative estimate of drug-likeness (QED) is 0.102. The molecule has 0 spiro atoms. The first kappa shape index (κ1) is 65.1. The number of aromatic nitrogens is 6. The molecule has 2 aliphatic rings. The van der Waals surface area contributed by atoms with Gasteiger partial charge in [-0.2, -0.15) is 0 Å². The summed E-state index contributed by atoms with van der Waals surface area (Å²) < 4.78 is 0. The van der Waals surface area contributed by atoms with Gasteiger partial charge in [0.05, 0.1) is 10.8 Å². The van der Waals surface area contributed by atoms with Crippen LogP contribution in [0.25, 0.3) is 146 Å². The Balaban J connectivity index is 0.647. The van der Waals surface area contributed by atoms with Gasteiger partial charge in [-0.3, -0.25) is 0 Å². The van der Waals surface area contributed by atoms with Gasteiger partial charge in [-0.05, 0) is 159 Å². The first-order valence-corrected chi connectivity index (χ1v) is 37.5. The van der Waals surface area contributed by atoms with Crippen molar-refractivity contribution in [3.05, 3.63) is 457 Å². The number of nitrogens with zero attached hydrogens (tertiary/aromatic N) is 6. The summed E-state index contributed by atoms with van der Waals surface area (Å²) in [5, 5.41) is 0. The number of fused-ring (bicyclic) bond motifs is 6. The van der Waals surface area contributed by atoms with Crippen molar-refractivity contribution in [2.24, 2.45) is 0 Å². The maximum absolute atomic E-state index is 5.09. The third-order valence-corrected chi connectivity index (χ3v) is 22.2. The number of hydrogen-bond donors (Lipinski definition) is 0. The van der Waals surface area contributed by atoms with E-state index >= 15 is 0 Å². The van der Waals surface area contributed by atoms with E-state index in [4.69, 9.17) is 29.9 Å². The average Bonchev–Trinajstić information content (AvgIpc) is 1.52. The fraction of sp³-hybridized carbons (Fsp3) is 0.0192. The Labute approximate surface area is 639 Å². The minimum atomic E-state index is -0.604. The smallest absolute Gasteiger partial charge is 0.164 e. The molecule has 110 heavy (non-hydrogen) atoms. The van der Waals surface area contributed by atoms with Gasteiger partial charge in [0.15, 0.2) is 34.9 Å². The van der Waals surface area contributed by atoms with Gasteiger partial charge in [0.2, 0.25) is 0 Å². The van der Waals surface area contributed by atoms with Crippen LogP contribution in [-0.4, -0.2) is 29.9 Å². The van der Waals surface area contributed by atoms with Crippen LogP contribution < -0.4 is 0 Å². The van der Waals surface area contributed by atoms with E-state index in [-0.39, 0.29) is 0 Å². The highest BCUT2D eigenvalue weighted by Crippen LogP contribution is 2.59. The second-order valence-corrected chi connectivity index (χ2v) is 28.4. The molecule has 16 aromatic carbocycles. The summed E-state index contributed by atoms with van der Waals surface area (Å²) in [6.45, 7) is 0. The van der Waals surface area contributed by atoms with E-state index in [1.165, 1.54) is 66.8 Å². The van der Waals surface area contributed by atoms with E-state index in [1.807, 2.05) is 121 Å². The maximum atomic E-state index is 5.09. The summed E-state index contributed by atoms with van der Waals surface area (Å²) in [4.78, 5) is 30.2. The minimum Gasteiger partial charge on any atom is -0.208 e. The Morgan fingerprint density at radius 2 is 0.336 bits per heavy atom. The molecule has 0 amide bonds. The molecule has 2 aromatic heterocycles. The first-order valence-electron chi connectivity index (χ1n) is 37.5. The van der Waals surface area contributed by atoms with Crippen LogP contribution in [0.1, 0.15) is 44.5 Å². The van der Waals surface area contributed by atoms with Crippen LogP contribution in [0.2, 0.25) is 0 Å². The third-order valence-electron chi connectivity index (χ3n) is 22.2. The monoisotopic (exact) mass is 1400 g/mol. The molecule has 6 nitrogen and oxygen atoms in total. The van der Waals surface area contributed by atoms with Gasteiger partial charge >= 0.3 is 0 Å². The van der Waals surface area contributed by atoms with E-state index in [0.29, 0.717) is 34.9 Å². The largest absolute Gasteiger partial charge is 0.208 e. The molecule has 1 atom stereocenters. The maximum Gasteiger partial charge on any atom is 0.164 e. The number of hydrogen-bond acceptors (Lipinski definition) is 6. The summed E-state index contributed by atoms with van der Waals surface area (Å²) in [6.07, 6.45) is 0. The highest BCUT2D eigenvalue weighted by Gasteiger charge is 2.48. The summed E-state index contributed by atoms with van der Waals surface area (Å²) in [6, 6.07) is 149. The molecule has 1 unspecified atom stereocenters. The highest BCUT2D eigenvalue weighted by atomic mass is 15.0. The molecule has 0 fully saturated rings. The molecule has 0 saturated heterocycles. The lowest BCUT2D eigenvalue weighted by atomic mass is 9.67. The van der Waals surface area contributed by atoms with Gasteiger partial charge < -0.3 is 0 Å². The Hall–Kier alpha value is -14.5. The van der Waals surface area contributed by atoms with Crippen molar-refractivity contribution in [1.82, 2.24) is 29.9 Å². The lowest BCUT2D eigenvalue weighted by molar-refractivity contribution is 0.768. The number of rotatable bonds is 15. The zero-order valence-electron chi connectivity index (χ0n) is 59.9. The predicted molar refractivity (Wildman–Crippen MR) is 448 cm³/mol. The van der Waals surface area contributed by atoms with Gasteiger partial charge in [0.25, 0.3) is 0 Å². The van der Waals surface area contributed by atoms with Crippen molar-refractivity contribution in [3.8, 4) is 146 Å². The summed E-state index contributed by atoms with van der Waals surface area (Å²) >= 11 is 0. The molecular weight excluding hydrogens is 1330 g/mol. The van der Waals surface area contributed by atoms with Crippen molar-refractivity contribution in [3.63, 3.8) is 0 Å². The zero-order valence-corrected chi connectivity index (χ0v) is 59.9. The standard InChI is InChI=1S/C104H68N6/c1-8-27-72(28-9-1)97-105-98(73-29-10-2-11-30-73)108-101(107-97)83-39-25-35-76(64-83)69-49-51-70(52-50-69)80-55-60-94-90(66-80)89-47-22-23-48-93(89)104(94,87-45-20-7-21-46-87)88-58-53-71(54-59-88)81-56-61-95-91(67-81)92-68-82(57-62-96(92)103(95,85-41-16-5-17-42-85)86-43-18-6-19-44-86)78-37-24-36-77(63-78)79-38-26-40-84(65-79)102-109-99(74-31-12-3-13-32-74)106-100(110-102)75-33-14-4-15-34-75/h1-68H. The zero-order chi connectivity index (χ0) is 73.0. The summed E-state index contributed by atoms with van der Waals surface area (Å²) in [5.74, 6) is 3.79. The van der Waals surface area contributed by atoms with Crippen LogP contribution in [0.4, 0.5) is 0 Å². The van der Waals surface area contributed by atoms with Crippen LogP contribution in [-0.2, 0) is 10.8 Å². The van der Waals surface area contributed by atoms with E-state index in [1.54, 1.807) is 0 Å². The summed E-state index contributed by atoms with van der Waals surface area (Å²) in [5.41, 5.74) is 30.4. The van der Waals surface area contributed by atoms with E-state index in [9.17, 15) is 0 Å². The Bertz CT molecular complexity index is 6320. The molecule has 514 valence electrons. The second-order valence-electron chi connectivity index (χ2n) is 28.4. The van der Waals surface area contributed by atoms with Crippen molar-refractivity contribution >= 4 is 0 Å². The lowest BCUT2D eigenvalue weighted by Crippen LogP contribution is -2.28. The predicted octanol–water partition coefficient (Wildman–Crippen LogP) is 25.1. The van der Waals surface area contributed by atoms with Crippen molar-refractivity contribution in [2.75, 3.05) is 0 Å². The molecule has 2 aliphatic carbocycles. The molecule has 6 heteroatoms. The molecule has 0 bridgehead atoms. The second kappa shape index (κ2) is 27.5. The highest BCUT2D eigenvalue weighted by molar-refractivity contribution is 5.93.